The van der Waals surface area contributed by atoms with E-state index in [0.717, 1.165) is 31.6 Å². The van der Waals surface area contributed by atoms with E-state index in [1.165, 1.54) is 12.7 Å². The van der Waals surface area contributed by atoms with E-state index in [1.54, 1.807) is 48.8 Å². The minimum atomic E-state index is -0.464. The van der Waals surface area contributed by atoms with E-state index < -0.39 is 5.82 Å². The molecule has 0 spiro atoms. The Hall–Kier alpha value is -5.31. The maximum atomic E-state index is 15.6. The average molecular weight is 566 g/mol. The maximum absolute atomic E-state index is 15.6. The van der Waals surface area contributed by atoms with Crippen LogP contribution < -0.4 is 20.3 Å². The fraction of sp³-hybridized carbons (Fsp3) is 0.267. The number of nitrogens with one attached hydrogen (secondary N) is 2. The van der Waals surface area contributed by atoms with E-state index in [-0.39, 0.29) is 17.6 Å². The monoisotopic (exact) mass is 565 g/mol. The fourth-order valence-corrected chi connectivity index (χ4v) is 5.12. The van der Waals surface area contributed by atoms with Crippen molar-refractivity contribution >= 4 is 39.9 Å². The lowest BCUT2D eigenvalue weighted by molar-refractivity contribution is -0.115. The largest absolute Gasteiger partial charge is 0.457 e. The summed E-state index contributed by atoms with van der Waals surface area (Å²) in [6, 6.07) is 10.8. The molecule has 4 aromatic heterocycles. The molecule has 12 heteroatoms. The van der Waals surface area contributed by atoms with Gasteiger partial charge in [-0.05, 0) is 69.4 Å². The second-order valence-electron chi connectivity index (χ2n) is 9.87. The standard InChI is InChI=1S/C30H28FN9O2/c1-3-5-27(41)32-13-11-20-6-4-14-39(20)25-10-8-23-29(38-25)30(35-17-33-23)37-22-7-9-24(19(2)28(22)31)42-21-12-15-40-26(16-21)34-18-36-40/h7-10,12,15-18,20H,4,6,11,13-14H2,1-2H3,(H,32,41)(H,33,35,37)/t20-/m0/s1. The zero-order chi connectivity index (χ0) is 29.1. The number of carbonyl (C=O) groups is 1. The molecule has 0 bridgehead atoms. The Balaban J connectivity index is 1.22. The number of nitrogens with zero attached hydrogens (tertiary/aromatic N) is 7. The molecule has 42 heavy (non-hydrogen) atoms. The number of rotatable bonds is 8. The molecular weight excluding hydrogens is 537 g/mol. The predicted molar refractivity (Wildman–Crippen MR) is 156 cm³/mol. The molecule has 1 aliphatic rings. The van der Waals surface area contributed by atoms with Gasteiger partial charge in [0.1, 0.15) is 35.5 Å². The summed E-state index contributed by atoms with van der Waals surface area (Å²) in [5.74, 6) is 6.46. The summed E-state index contributed by atoms with van der Waals surface area (Å²) in [6.45, 7) is 4.68. The first-order valence-electron chi connectivity index (χ1n) is 13.6. The molecule has 0 aliphatic carbocycles. The number of ether oxygens (including phenoxy) is 1. The lowest BCUT2D eigenvalue weighted by Gasteiger charge is -2.26. The van der Waals surface area contributed by atoms with Gasteiger partial charge < -0.3 is 20.3 Å². The van der Waals surface area contributed by atoms with Crippen LogP contribution in [0, 0.1) is 24.6 Å². The Bertz CT molecular complexity index is 1850. The zero-order valence-corrected chi connectivity index (χ0v) is 23.1. The molecule has 0 saturated carbocycles. The molecule has 0 unspecified atom stereocenters. The third-order valence-corrected chi connectivity index (χ3v) is 7.21. The highest BCUT2D eigenvalue weighted by Crippen LogP contribution is 2.34. The minimum absolute atomic E-state index is 0.226. The van der Waals surface area contributed by atoms with Crippen LogP contribution in [-0.2, 0) is 4.79 Å². The van der Waals surface area contributed by atoms with Crippen molar-refractivity contribution in [3.63, 3.8) is 0 Å². The van der Waals surface area contributed by atoms with Crippen LogP contribution in [0.3, 0.4) is 0 Å². The molecule has 6 rings (SSSR count). The third kappa shape index (κ3) is 5.49. The highest BCUT2D eigenvalue weighted by atomic mass is 19.1. The molecule has 1 aliphatic heterocycles. The zero-order valence-electron chi connectivity index (χ0n) is 23.1. The number of pyridine rings is 2. The number of amides is 1. The van der Waals surface area contributed by atoms with Crippen LogP contribution in [0.1, 0.15) is 31.7 Å². The van der Waals surface area contributed by atoms with Gasteiger partial charge in [-0.25, -0.2) is 28.8 Å². The number of aromatic nitrogens is 6. The number of carbonyl (C=O) groups excluding carboxylic acids is 1. The van der Waals surface area contributed by atoms with Gasteiger partial charge in [-0.1, -0.05) is 5.92 Å². The summed E-state index contributed by atoms with van der Waals surface area (Å²) >= 11 is 0. The van der Waals surface area contributed by atoms with E-state index in [2.05, 4.69) is 47.4 Å². The second kappa shape index (κ2) is 11.7. The van der Waals surface area contributed by atoms with Crippen molar-refractivity contribution in [1.29, 1.82) is 0 Å². The lowest BCUT2D eigenvalue weighted by atomic mass is 10.1. The molecule has 5 aromatic rings. The molecular formula is C30H28FN9O2. The number of fused-ring (bicyclic) bond motifs is 2. The van der Waals surface area contributed by atoms with Crippen molar-refractivity contribution in [2.45, 2.75) is 39.2 Å². The van der Waals surface area contributed by atoms with E-state index in [4.69, 9.17) is 9.72 Å². The number of benzene rings is 1. The quantitative estimate of drug-likeness (QED) is 0.261. The number of hydrogen-bond acceptors (Lipinski definition) is 9. The van der Waals surface area contributed by atoms with Crippen LogP contribution in [0.15, 0.2) is 55.2 Å². The molecule has 212 valence electrons. The van der Waals surface area contributed by atoms with Crippen LogP contribution in [0.2, 0.25) is 0 Å². The van der Waals surface area contributed by atoms with Crippen molar-refractivity contribution in [1.82, 2.24) is 34.9 Å². The first kappa shape index (κ1) is 26.9. The Morgan fingerprint density at radius 2 is 2.07 bits per heavy atom. The van der Waals surface area contributed by atoms with Gasteiger partial charge >= 0.3 is 0 Å². The normalized spacial score (nSPS) is 14.5. The van der Waals surface area contributed by atoms with Crippen LogP contribution >= 0.6 is 0 Å². The first-order chi connectivity index (χ1) is 20.5. The number of anilines is 3. The Labute approximate surface area is 241 Å². The van der Waals surface area contributed by atoms with Gasteiger partial charge in [0.15, 0.2) is 17.3 Å². The van der Waals surface area contributed by atoms with Crippen molar-refractivity contribution in [3.05, 3.63) is 66.6 Å². The summed E-state index contributed by atoms with van der Waals surface area (Å²) < 4.78 is 23.1. The minimum Gasteiger partial charge on any atom is -0.457 e. The molecule has 1 fully saturated rings. The van der Waals surface area contributed by atoms with Crippen molar-refractivity contribution in [3.8, 4) is 23.3 Å². The van der Waals surface area contributed by atoms with Crippen LogP contribution in [-0.4, -0.2) is 54.6 Å². The highest BCUT2D eigenvalue weighted by Gasteiger charge is 2.26. The fourth-order valence-electron chi connectivity index (χ4n) is 5.12. The van der Waals surface area contributed by atoms with E-state index in [1.807, 2.05) is 12.1 Å². The molecule has 2 N–H and O–H groups in total. The van der Waals surface area contributed by atoms with Gasteiger partial charge in [-0.3, -0.25) is 4.79 Å². The van der Waals surface area contributed by atoms with Gasteiger partial charge in [0.05, 0.1) is 11.2 Å². The molecule has 1 saturated heterocycles. The predicted octanol–water partition coefficient (Wildman–Crippen LogP) is 4.55. The Kier molecular flexibility index (Phi) is 7.47. The van der Waals surface area contributed by atoms with E-state index >= 15 is 4.39 Å². The summed E-state index contributed by atoms with van der Waals surface area (Å²) in [4.78, 5) is 31.7. The van der Waals surface area contributed by atoms with Crippen molar-refractivity contribution in [2.75, 3.05) is 23.3 Å². The van der Waals surface area contributed by atoms with Crippen LogP contribution in [0.5, 0.6) is 11.5 Å². The molecule has 1 aromatic carbocycles. The van der Waals surface area contributed by atoms with E-state index in [9.17, 15) is 4.79 Å². The van der Waals surface area contributed by atoms with Gasteiger partial charge in [-0.15, -0.1) is 0 Å². The maximum Gasteiger partial charge on any atom is 0.295 e. The number of halogens is 1. The summed E-state index contributed by atoms with van der Waals surface area (Å²) in [5, 5.41) is 10.0. The second-order valence-corrected chi connectivity index (χ2v) is 9.87. The smallest absolute Gasteiger partial charge is 0.295 e. The third-order valence-electron chi connectivity index (χ3n) is 7.21. The van der Waals surface area contributed by atoms with Gasteiger partial charge in [-0.2, -0.15) is 5.10 Å². The number of hydrogen-bond donors (Lipinski definition) is 2. The highest BCUT2D eigenvalue weighted by molar-refractivity contribution is 5.93. The van der Waals surface area contributed by atoms with Gasteiger partial charge in [0, 0.05) is 37.0 Å². The van der Waals surface area contributed by atoms with Crippen LogP contribution in [0.25, 0.3) is 16.7 Å². The molecule has 11 nitrogen and oxygen atoms in total. The lowest BCUT2D eigenvalue weighted by Crippen LogP contribution is -2.34. The first-order valence-corrected chi connectivity index (χ1v) is 13.6. The topological polar surface area (TPSA) is 122 Å². The molecule has 1 amide bonds. The van der Waals surface area contributed by atoms with Gasteiger partial charge in [0.2, 0.25) is 0 Å². The summed E-state index contributed by atoms with van der Waals surface area (Å²) in [5.41, 5.74) is 2.37. The Morgan fingerprint density at radius 1 is 1.17 bits per heavy atom. The summed E-state index contributed by atoms with van der Waals surface area (Å²) in [7, 11) is 0. The van der Waals surface area contributed by atoms with Crippen molar-refractivity contribution in [2.24, 2.45) is 0 Å². The van der Waals surface area contributed by atoms with E-state index in [0.29, 0.717) is 46.1 Å². The SMILES string of the molecule is CC#CC(=O)NCC[C@@H]1CCCN1c1ccc2ncnc(Nc3ccc(Oc4ccn5ncnc5c4)c(C)c3F)c2n1. The summed E-state index contributed by atoms with van der Waals surface area (Å²) in [6.07, 6.45) is 7.40. The average Bonchev–Trinajstić information content (AvgIpc) is 3.66. The molecule has 5 heterocycles. The van der Waals surface area contributed by atoms with Gasteiger partial charge in [0.25, 0.3) is 5.91 Å². The molecule has 1 atom stereocenters. The van der Waals surface area contributed by atoms with Crippen LogP contribution in [0.4, 0.5) is 21.7 Å². The Morgan fingerprint density at radius 3 is 2.95 bits per heavy atom. The van der Waals surface area contributed by atoms with Crippen molar-refractivity contribution < 1.29 is 13.9 Å². The molecule has 0 radical (unpaired) electrons.